The van der Waals surface area contributed by atoms with Crippen LogP contribution in [0.2, 0.25) is 5.02 Å². The SMILES string of the molecule is CC(C)NC(=O)Cn1c(-c2ccc(F)c(Cl)c2)nc2ncc(OC3CCN(C4CCCC4)CC3)cc2c1=O. The van der Waals surface area contributed by atoms with Crippen molar-refractivity contribution in [2.24, 2.45) is 0 Å². The third-order valence-electron chi connectivity index (χ3n) is 7.33. The van der Waals surface area contributed by atoms with Crippen LogP contribution in [0, 0.1) is 5.82 Å². The van der Waals surface area contributed by atoms with E-state index >= 15 is 0 Å². The zero-order chi connectivity index (χ0) is 26.8. The van der Waals surface area contributed by atoms with Crippen LogP contribution in [0.1, 0.15) is 52.4 Å². The number of nitrogens with zero attached hydrogens (tertiary/aromatic N) is 4. The van der Waals surface area contributed by atoms with E-state index in [0.717, 1.165) is 25.9 Å². The molecule has 2 fully saturated rings. The van der Waals surface area contributed by atoms with Gasteiger partial charge in [0.05, 0.1) is 16.6 Å². The van der Waals surface area contributed by atoms with Crippen molar-refractivity contribution >= 4 is 28.5 Å². The van der Waals surface area contributed by atoms with Crippen molar-refractivity contribution in [1.29, 1.82) is 0 Å². The average Bonchev–Trinajstić information content (AvgIpc) is 3.43. The molecule has 0 radical (unpaired) electrons. The van der Waals surface area contributed by atoms with Crippen LogP contribution in [-0.4, -0.2) is 56.6 Å². The van der Waals surface area contributed by atoms with Crippen molar-refractivity contribution in [2.75, 3.05) is 13.1 Å². The summed E-state index contributed by atoms with van der Waals surface area (Å²) in [7, 11) is 0. The zero-order valence-electron chi connectivity index (χ0n) is 21.8. The van der Waals surface area contributed by atoms with Gasteiger partial charge in [0.2, 0.25) is 5.91 Å². The summed E-state index contributed by atoms with van der Waals surface area (Å²) in [6.07, 6.45) is 8.72. The molecule has 2 aliphatic rings. The van der Waals surface area contributed by atoms with Crippen LogP contribution in [0.5, 0.6) is 5.75 Å². The lowest BCUT2D eigenvalue weighted by Crippen LogP contribution is -2.43. The Morgan fingerprint density at radius 2 is 1.92 bits per heavy atom. The summed E-state index contributed by atoms with van der Waals surface area (Å²) < 4.78 is 21.3. The molecule has 8 nitrogen and oxygen atoms in total. The molecule has 0 bridgehead atoms. The van der Waals surface area contributed by atoms with Crippen LogP contribution in [0.4, 0.5) is 4.39 Å². The van der Waals surface area contributed by atoms with Gasteiger partial charge in [-0.2, -0.15) is 0 Å². The Kier molecular flexibility index (Phi) is 7.95. The fourth-order valence-electron chi connectivity index (χ4n) is 5.49. The highest BCUT2D eigenvalue weighted by atomic mass is 35.5. The number of ether oxygens (including phenoxy) is 1. The number of halogens is 2. The summed E-state index contributed by atoms with van der Waals surface area (Å²) in [5.41, 5.74) is 0.191. The summed E-state index contributed by atoms with van der Waals surface area (Å²) in [5, 5.41) is 2.94. The third kappa shape index (κ3) is 5.83. The van der Waals surface area contributed by atoms with E-state index in [1.165, 1.54) is 48.4 Å². The fourth-order valence-corrected chi connectivity index (χ4v) is 5.67. The van der Waals surface area contributed by atoms with E-state index in [0.29, 0.717) is 17.4 Å². The van der Waals surface area contributed by atoms with Crippen LogP contribution >= 0.6 is 11.6 Å². The minimum atomic E-state index is -0.586. The van der Waals surface area contributed by atoms with Gasteiger partial charge in [0.15, 0.2) is 5.65 Å². The second-order valence-corrected chi connectivity index (χ2v) is 10.9. The second kappa shape index (κ2) is 11.4. The van der Waals surface area contributed by atoms with Crippen molar-refractivity contribution in [1.82, 2.24) is 24.8 Å². The number of likely N-dealkylation sites (tertiary alicyclic amines) is 1. The molecule has 0 spiro atoms. The number of piperidine rings is 1. The Balaban J connectivity index is 1.43. The van der Waals surface area contributed by atoms with Crippen LogP contribution in [0.25, 0.3) is 22.4 Å². The van der Waals surface area contributed by atoms with Crippen LogP contribution in [-0.2, 0) is 11.3 Å². The molecule has 1 aromatic carbocycles. The number of benzene rings is 1. The molecule has 1 saturated carbocycles. The molecule has 1 aliphatic carbocycles. The number of nitrogens with one attached hydrogen (secondary N) is 1. The smallest absolute Gasteiger partial charge is 0.263 e. The Bertz CT molecular complexity index is 1380. The van der Waals surface area contributed by atoms with Gasteiger partial charge in [-0.05, 0) is 63.8 Å². The van der Waals surface area contributed by atoms with E-state index in [1.54, 1.807) is 12.3 Å². The minimum absolute atomic E-state index is 0.0551. The summed E-state index contributed by atoms with van der Waals surface area (Å²) in [4.78, 5) is 37.9. The zero-order valence-corrected chi connectivity index (χ0v) is 22.5. The van der Waals surface area contributed by atoms with E-state index < -0.39 is 11.4 Å². The molecule has 0 unspecified atom stereocenters. The number of hydrogen-bond acceptors (Lipinski definition) is 6. The van der Waals surface area contributed by atoms with E-state index in [9.17, 15) is 14.0 Å². The van der Waals surface area contributed by atoms with E-state index in [-0.39, 0.29) is 46.5 Å². The van der Waals surface area contributed by atoms with Gasteiger partial charge >= 0.3 is 0 Å². The first-order chi connectivity index (χ1) is 18.3. The summed E-state index contributed by atoms with van der Waals surface area (Å²) in [6.45, 7) is 5.45. The topological polar surface area (TPSA) is 89.3 Å². The minimum Gasteiger partial charge on any atom is -0.489 e. The average molecular weight is 542 g/mol. The standard InChI is InChI=1S/C28H33ClFN5O3/c1-17(2)32-25(36)16-35-27(18-7-8-24(30)23(29)13-18)33-26-22(28(35)37)14-21(15-31-26)38-20-9-11-34(12-10-20)19-5-3-4-6-19/h7-8,13-15,17,19-20H,3-6,9-12,16H2,1-2H3,(H,32,36). The fraction of sp³-hybridized carbons (Fsp3) is 0.500. The number of amides is 1. The van der Waals surface area contributed by atoms with E-state index in [4.69, 9.17) is 16.3 Å². The number of rotatable bonds is 7. The molecule has 3 heterocycles. The molecule has 2 aromatic heterocycles. The highest BCUT2D eigenvalue weighted by Gasteiger charge is 2.28. The molecule has 1 saturated heterocycles. The lowest BCUT2D eigenvalue weighted by atomic mass is 10.0. The van der Waals surface area contributed by atoms with Gasteiger partial charge in [-0.15, -0.1) is 0 Å². The molecule has 1 aliphatic heterocycles. The molecule has 0 atom stereocenters. The first-order valence-corrected chi connectivity index (χ1v) is 13.7. The summed E-state index contributed by atoms with van der Waals surface area (Å²) in [5.74, 6) is -0.237. The van der Waals surface area contributed by atoms with E-state index in [2.05, 4.69) is 20.2 Å². The maximum Gasteiger partial charge on any atom is 0.263 e. The Morgan fingerprint density at radius 1 is 1.18 bits per heavy atom. The molecule has 1 N–H and O–H groups in total. The molecule has 10 heteroatoms. The Hall–Kier alpha value is -3.04. The van der Waals surface area contributed by atoms with Crippen molar-refractivity contribution in [3.8, 4) is 17.1 Å². The third-order valence-corrected chi connectivity index (χ3v) is 7.62. The van der Waals surface area contributed by atoms with Gasteiger partial charge in [0.1, 0.15) is 30.0 Å². The van der Waals surface area contributed by atoms with Crippen molar-refractivity contribution in [2.45, 2.75) is 77.1 Å². The number of carbonyl (C=O) groups excluding carboxylic acids is 1. The van der Waals surface area contributed by atoms with Gasteiger partial charge < -0.3 is 15.0 Å². The van der Waals surface area contributed by atoms with Crippen molar-refractivity contribution < 1.29 is 13.9 Å². The predicted molar refractivity (Wildman–Crippen MR) is 145 cm³/mol. The second-order valence-electron chi connectivity index (χ2n) is 10.5. The molecule has 202 valence electrons. The molecule has 38 heavy (non-hydrogen) atoms. The number of pyridine rings is 1. The summed E-state index contributed by atoms with van der Waals surface area (Å²) >= 11 is 6.00. The van der Waals surface area contributed by atoms with Gasteiger partial charge in [-0.25, -0.2) is 14.4 Å². The highest BCUT2D eigenvalue weighted by molar-refractivity contribution is 6.31. The Morgan fingerprint density at radius 3 is 2.61 bits per heavy atom. The Labute approximate surface area is 226 Å². The molecular formula is C28H33ClFN5O3. The summed E-state index contributed by atoms with van der Waals surface area (Å²) in [6, 6.07) is 6.32. The lowest BCUT2D eigenvalue weighted by molar-refractivity contribution is -0.122. The van der Waals surface area contributed by atoms with Gasteiger partial charge in [-0.1, -0.05) is 24.4 Å². The lowest BCUT2D eigenvalue weighted by Gasteiger charge is -2.35. The maximum atomic E-state index is 13.8. The normalized spacial score (nSPS) is 17.4. The number of aromatic nitrogens is 3. The molecule has 1 amide bonds. The monoisotopic (exact) mass is 541 g/mol. The van der Waals surface area contributed by atoms with Crippen LogP contribution in [0.15, 0.2) is 35.3 Å². The molecular weight excluding hydrogens is 509 g/mol. The number of fused-ring (bicyclic) bond motifs is 1. The molecule has 5 rings (SSSR count). The maximum absolute atomic E-state index is 13.8. The molecule has 3 aromatic rings. The van der Waals surface area contributed by atoms with Crippen molar-refractivity contribution in [3.63, 3.8) is 0 Å². The quantitative estimate of drug-likeness (QED) is 0.471. The first kappa shape index (κ1) is 26.6. The van der Waals surface area contributed by atoms with Gasteiger partial charge in [0, 0.05) is 30.7 Å². The first-order valence-electron chi connectivity index (χ1n) is 13.3. The number of hydrogen-bond donors (Lipinski definition) is 1. The van der Waals surface area contributed by atoms with Gasteiger partial charge in [0.25, 0.3) is 5.56 Å². The van der Waals surface area contributed by atoms with Gasteiger partial charge in [-0.3, -0.25) is 14.2 Å². The predicted octanol–water partition coefficient (Wildman–Crippen LogP) is 4.56. The largest absolute Gasteiger partial charge is 0.489 e. The van der Waals surface area contributed by atoms with Crippen molar-refractivity contribution in [3.05, 3.63) is 51.7 Å². The van der Waals surface area contributed by atoms with E-state index in [1.807, 2.05) is 13.8 Å². The van der Waals surface area contributed by atoms with Crippen LogP contribution in [0.3, 0.4) is 0 Å². The highest BCUT2D eigenvalue weighted by Crippen LogP contribution is 2.28. The van der Waals surface area contributed by atoms with Crippen LogP contribution < -0.4 is 15.6 Å². The number of carbonyl (C=O) groups is 1.